The highest BCUT2D eigenvalue weighted by atomic mass is 16.5. The molecule has 23 heavy (non-hydrogen) atoms. The SMILES string of the molecule is COC(=O)CC1(C)C=Cc2c(C)c(OC(C)=O)c(C)c(C)c2O1. The molecule has 0 aliphatic carbocycles. The third-order valence-electron chi connectivity index (χ3n) is 4.14. The summed E-state index contributed by atoms with van der Waals surface area (Å²) in [5, 5.41) is 0. The quantitative estimate of drug-likeness (QED) is 0.632. The topological polar surface area (TPSA) is 61.8 Å². The predicted octanol–water partition coefficient (Wildman–Crippen LogP) is 3.26. The second-order valence-electron chi connectivity index (χ2n) is 6.04. The monoisotopic (exact) mass is 318 g/mol. The molecule has 1 aromatic carbocycles. The molecule has 2 rings (SSSR count). The van der Waals surface area contributed by atoms with Crippen molar-refractivity contribution < 1.29 is 23.8 Å². The molecule has 0 bridgehead atoms. The molecule has 1 heterocycles. The molecule has 0 aromatic heterocycles. The summed E-state index contributed by atoms with van der Waals surface area (Å²) in [5.74, 6) is 0.596. The first-order valence-electron chi connectivity index (χ1n) is 7.45. The number of rotatable bonds is 3. The van der Waals surface area contributed by atoms with Crippen molar-refractivity contribution in [3.63, 3.8) is 0 Å². The minimum atomic E-state index is -0.757. The molecule has 1 aliphatic rings. The molecule has 1 atom stereocenters. The average molecular weight is 318 g/mol. The third kappa shape index (κ3) is 3.23. The number of ether oxygens (including phenoxy) is 3. The highest BCUT2D eigenvalue weighted by molar-refractivity contribution is 5.77. The predicted molar refractivity (Wildman–Crippen MR) is 86.7 cm³/mol. The van der Waals surface area contributed by atoms with Gasteiger partial charge in [-0.15, -0.1) is 0 Å². The van der Waals surface area contributed by atoms with Crippen LogP contribution in [0.4, 0.5) is 0 Å². The molecule has 0 fully saturated rings. The maximum atomic E-state index is 11.6. The van der Waals surface area contributed by atoms with Crippen molar-refractivity contribution in [1.29, 1.82) is 0 Å². The zero-order valence-electron chi connectivity index (χ0n) is 14.4. The maximum Gasteiger partial charge on any atom is 0.309 e. The minimum Gasteiger partial charge on any atom is -0.482 e. The standard InChI is InChI=1S/C18H22O5/c1-10-11(2)17-14(12(3)16(10)22-13(4)19)7-8-18(5,23-17)9-15(20)21-6/h7-8H,9H2,1-6H3. The van der Waals surface area contributed by atoms with E-state index in [2.05, 4.69) is 0 Å². The van der Waals surface area contributed by atoms with Gasteiger partial charge in [0, 0.05) is 18.1 Å². The molecule has 124 valence electrons. The van der Waals surface area contributed by atoms with Crippen LogP contribution in [0.2, 0.25) is 0 Å². The summed E-state index contributed by atoms with van der Waals surface area (Å²) in [5.41, 5.74) is 2.70. The van der Waals surface area contributed by atoms with Gasteiger partial charge in [-0.25, -0.2) is 0 Å². The van der Waals surface area contributed by atoms with E-state index in [4.69, 9.17) is 14.2 Å². The molecule has 0 N–H and O–H groups in total. The van der Waals surface area contributed by atoms with Crippen LogP contribution in [0.3, 0.4) is 0 Å². The van der Waals surface area contributed by atoms with Crippen LogP contribution in [0.25, 0.3) is 6.08 Å². The maximum absolute atomic E-state index is 11.6. The number of hydrogen-bond donors (Lipinski definition) is 0. The number of methoxy groups -OCH3 is 1. The van der Waals surface area contributed by atoms with Crippen LogP contribution in [0, 0.1) is 20.8 Å². The van der Waals surface area contributed by atoms with E-state index >= 15 is 0 Å². The van der Waals surface area contributed by atoms with Crippen LogP contribution in [0.5, 0.6) is 11.5 Å². The molecular weight excluding hydrogens is 296 g/mol. The van der Waals surface area contributed by atoms with Crippen molar-refractivity contribution in [2.24, 2.45) is 0 Å². The van der Waals surface area contributed by atoms with Crippen molar-refractivity contribution in [3.8, 4) is 11.5 Å². The van der Waals surface area contributed by atoms with Gasteiger partial charge in [0.2, 0.25) is 0 Å². The zero-order valence-corrected chi connectivity index (χ0v) is 14.4. The highest BCUT2D eigenvalue weighted by Gasteiger charge is 2.33. The van der Waals surface area contributed by atoms with Crippen molar-refractivity contribution in [3.05, 3.63) is 28.3 Å². The Balaban J connectivity index is 2.50. The van der Waals surface area contributed by atoms with Crippen molar-refractivity contribution in [2.45, 2.75) is 46.6 Å². The second-order valence-corrected chi connectivity index (χ2v) is 6.04. The summed E-state index contributed by atoms with van der Waals surface area (Å²) < 4.78 is 16.2. The summed E-state index contributed by atoms with van der Waals surface area (Å²) in [7, 11) is 1.36. The average Bonchev–Trinajstić information content (AvgIpc) is 2.48. The molecule has 0 radical (unpaired) electrons. The summed E-state index contributed by atoms with van der Waals surface area (Å²) in [6.45, 7) is 8.92. The molecular formula is C18H22O5. The van der Waals surface area contributed by atoms with Crippen LogP contribution in [0.1, 0.15) is 42.5 Å². The molecule has 0 amide bonds. The Morgan fingerprint density at radius 1 is 1.17 bits per heavy atom. The molecule has 1 aliphatic heterocycles. The molecule has 0 saturated heterocycles. The summed E-state index contributed by atoms with van der Waals surface area (Å²) in [6, 6.07) is 0. The molecule has 0 saturated carbocycles. The first-order valence-corrected chi connectivity index (χ1v) is 7.45. The van der Waals surface area contributed by atoms with Gasteiger partial charge in [-0.1, -0.05) is 6.08 Å². The van der Waals surface area contributed by atoms with Crippen LogP contribution >= 0.6 is 0 Å². The molecule has 0 spiro atoms. The molecule has 1 unspecified atom stereocenters. The van der Waals surface area contributed by atoms with Gasteiger partial charge < -0.3 is 14.2 Å². The lowest BCUT2D eigenvalue weighted by Crippen LogP contribution is -2.35. The normalized spacial score (nSPS) is 18.9. The van der Waals surface area contributed by atoms with E-state index in [9.17, 15) is 9.59 Å². The minimum absolute atomic E-state index is 0.128. The first-order chi connectivity index (χ1) is 10.7. The summed E-state index contributed by atoms with van der Waals surface area (Å²) in [4.78, 5) is 22.9. The lowest BCUT2D eigenvalue weighted by atomic mass is 9.91. The lowest BCUT2D eigenvalue weighted by molar-refractivity contribution is -0.143. The number of carbonyl (C=O) groups is 2. The Bertz CT molecular complexity index is 702. The summed E-state index contributed by atoms with van der Waals surface area (Å²) in [6.07, 6.45) is 3.88. The van der Waals surface area contributed by atoms with Gasteiger partial charge in [-0.05, 0) is 44.9 Å². The fourth-order valence-corrected chi connectivity index (χ4v) is 2.73. The zero-order chi connectivity index (χ0) is 17.4. The van der Waals surface area contributed by atoms with Crippen molar-refractivity contribution in [1.82, 2.24) is 0 Å². The van der Waals surface area contributed by atoms with Gasteiger partial charge in [-0.3, -0.25) is 9.59 Å². The van der Waals surface area contributed by atoms with Gasteiger partial charge in [0.1, 0.15) is 17.1 Å². The van der Waals surface area contributed by atoms with Crippen LogP contribution in [-0.4, -0.2) is 24.6 Å². The van der Waals surface area contributed by atoms with E-state index in [1.807, 2.05) is 39.8 Å². The van der Waals surface area contributed by atoms with Gasteiger partial charge >= 0.3 is 11.9 Å². The van der Waals surface area contributed by atoms with Crippen LogP contribution in [-0.2, 0) is 14.3 Å². The Morgan fingerprint density at radius 3 is 2.39 bits per heavy atom. The van der Waals surface area contributed by atoms with Gasteiger partial charge in [0.25, 0.3) is 0 Å². The molecule has 5 heteroatoms. The highest BCUT2D eigenvalue weighted by Crippen LogP contribution is 2.43. The van der Waals surface area contributed by atoms with Gasteiger partial charge in [0.15, 0.2) is 0 Å². The van der Waals surface area contributed by atoms with Gasteiger partial charge in [0.05, 0.1) is 13.5 Å². The Morgan fingerprint density at radius 2 is 1.83 bits per heavy atom. The molecule has 1 aromatic rings. The Labute approximate surface area is 136 Å². The number of esters is 2. The van der Waals surface area contributed by atoms with Crippen LogP contribution in [0.15, 0.2) is 6.08 Å². The Kier molecular flexibility index (Phi) is 4.50. The van der Waals surface area contributed by atoms with E-state index in [-0.39, 0.29) is 18.4 Å². The third-order valence-corrected chi connectivity index (χ3v) is 4.14. The van der Waals surface area contributed by atoms with E-state index in [1.165, 1.54) is 14.0 Å². The van der Waals surface area contributed by atoms with E-state index < -0.39 is 5.60 Å². The Hall–Kier alpha value is -2.30. The van der Waals surface area contributed by atoms with Gasteiger partial charge in [-0.2, -0.15) is 0 Å². The largest absolute Gasteiger partial charge is 0.482 e. The summed E-state index contributed by atoms with van der Waals surface area (Å²) >= 11 is 0. The number of benzene rings is 1. The molecule has 5 nitrogen and oxygen atoms in total. The number of fused-ring (bicyclic) bond motifs is 1. The fourth-order valence-electron chi connectivity index (χ4n) is 2.73. The van der Waals surface area contributed by atoms with E-state index in [1.54, 1.807) is 0 Å². The second kappa shape index (κ2) is 6.07. The smallest absolute Gasteiger partial charge is 0.309 e. The van der Waals surface area contributed by atoms with E-state index in [0.29, 0.717) is 11.5 Å². The van der Waals surface area contributed by atoms with Crippen LogP contribution < -0.4 is 9.47 Å². The lowest BCUT2D eigenvalue weighted by Gasteiger charge is -2.33. The number of hydrogen-bond acceptors (Lipinski definition) is 5. The fraction of sp³-hybridized carbons (Fsp3) is 0.444. The number of carbonyl (C=O) groups excluding carboxylic acids is 2. The van der Waals surface area contributed by atoms with Crippen molar-refractivity contribution >= 4 is 18.0 Å². The van der Waals surface area contributed by atoms with Crippen molar-refractivity contribution in [2.75, 3.05) is 7.11 Å². The van der Waals surface area contributed by atoms with E-state index in [0.717, 1.165) is 22.3 Å². The first kappa shape index (κ1) is 17.1.